The maximum atomic E-state index is 13.5. The highest BCUT2D eigenvalue weighted by Crippen LogP contribution is 2.35. The summed E-state index contributed by atoms with van der Waals surface area (Å²) in [7, 11) is 0. The number of halogens is 4. The molecule has 2 N–H and O–H groups in total. The number of ether oxygens (including phenoxy) is 1. The van der Waals surface area contributed by atoms with Gasteiger partial charge in [0.1, 0.15) is 23.8 Å². The molecule has 30 heavy (non-hydrogen) atoms. The highest BCUT2D eigenvalue weighted by atomic mass is 32.2. The molecule has 0 fully saturated rings. The van der Waals surface area contributed by atoms with Gasteiger partial charge < -0.3 is 9.88 Å². The van der Waals surface area contributed by atoms with E-state index in [1.54, 1.807) is 13.0 Å². The minimum absolute atomic E-state index is 0.191. The predicted octanol–water partition coefficient (Wildman–Crippen LogP) is 4.48. The van der Waals surface area contributed by atoms with E-state index in [-0.39, 0.29) is 11.3 Å². The predicted molar refractivity (Wildman–Crippen MR) is 102 cm³/mol. The lowest BCUT2D eigenvalue weighted by Crippen LogP contribution is -2.30. The number of hydrogen-bond acceptors (Lipinski definition) is 5. The van der Waals surface area contributed by atoms with Gasteiger partial charge >= 0.3 is 6.36 Å². The summed E-state index contributed by atoms with van der Waals surface area (Å²) in [5.74, 6) is -1.13. The average Bonchev–Trinajstić information content (AvgIpc) is 3.20. The molecule has 1 atom stereocenters. The van der Waals surface area contributed by atoms with Gasteiger partial charge in [-0.25, -0.2) is 9.11 Å². The van der Waals surface area contributed by atoms with Gasteiger partial charge in [-0.05, 0) is 62.4 Å². The number of anilines is 1. The molecule has 0 spiro atoms. The minimum atomic E-state index is -4.76. The summed E-state index contributed by atoms with van der Waals surface area (Å²) in [6, 6.07) is 5.40. The molecule has 0 aliphatic carbocycles. The summed E-state index contributed by atoms with van der Waals surface area (Å²) in [6.07, 6.45) is -4.56. The maximum absolute atomic E-state index is 13.5. The molecule has 3 rings (SSSR count). The van der Waals surface area contributed by atoms with Crippen LogP contribution < -0.4 is 10.0 Å². The smallest absolute Gasteiger partial charge is 0.339 e. The Balaban J connectivity index is 1.82. The van der Waals surface area contributed by atoms with Crippen LogP contribution in [0.15, 0.2) is 23.1 Å². The number of fused-ring (bicyclic) bond motifs is 1. The summed E-state index contributed by atoms with van der Waals surface area (Å²) in [6.45, 7) is 3.55. The number of carbonyl (C=O) groups excluding carboxylic acids is 1. The van der Waals surface area contributed by atoms with Crippen LogP contribution in [-0.4, -0.2) is 23.1 Å². The summed E-state index contributed by atoms with van der Waals surface area (Å²) in [4.78, 5) is 13.6. The van der Waals surface area contributed by atoms with E-state index < -0.39 is 24.3 Å². The molecule has 0 saturated carbocycles. The zero-order chi connectivity index (χ0) is 22.1. The third kappa shape index (κ3) is 4.77. The van der Waals surface area contributed by atoms with E-state index in [4.69, 9.17) is 5.26 Å². The molecule has 0 bridgehead atoms. The second kappa shape index (κ2) is 8.67. The molecule has 1 aromatic heterocycles. The van der Waals surface area contributed by atoms with Crippen LogP contribution in [0.25, 0.3) is 0 Å². The Kier molecular flexibility index (Phi) is 6.40. The van der Waals surface area contributed by atoms with Crippen molar-refractivity contribution in [1.82, 2.24) is 9.29 Å². The number of aromatic nitrogens is 1. The summed E-state index contributed by atoms with van der Waals surface area (Å²) >= 11 is 0.985. The second-order valence-electron chi connectivity index (χ2n) is 6.69. The van der Waals surface area contributed by atoms with Gasteiger partial charge in [0.2, 0.25) is 0 Å². The van der Waals surface area contributed by atoms with E-state index in [2.05, 4.69) is 14.8 Å². The van der Waals surface area contributed by atoms with E-state index in [9.17, 15) is 22.4 Å². The first-order valence-corrected chi connectivity index (χ1v) is 9.82. The molecule has 2 aromatic rings. The second-order valence-corrected chi connectivity index (χ2v) is 7.54. The number of amides is 1. The van der Waals surface area contributed by atoms with E-state index >= 15 is 0 Å². The number of nitriles is 1. The summed E-state index contributed by atoms with van der Waals surface area (Å²) in [5, 5.41) is 11.6. The number of rotatable bonds is 6. The van der Waals surface area contributed by atoms with Crippen molar-refractivity contribution in [3.05, 3.63) is 46.5 Å². The number of nitrogens with one attached hydrogen (secondary N) is 2. The van der Waals surface area contributed by atoms with Gasteiger partial charge in [0.15, 0.2) is 0 Å². The Bertz CT molecular complexity index is 1010. The van der Waals surface area contributed by atoms with Crippen LogP contribution >= 0.6 is 11.9 Å². The van der Waals surface area contributed by atoms with Crippen molar-refractivity contribution in [3.8, 4) is 6.07 Å². The van der Waals surface area contributed by atoms with Gasteiger partial charge in [-0.3, -0.25) is 9.53 Å². The largest absolute Gasteiger partial charge is 0.524 e. The highest BCUT2D eigenvalue weighted by Gasteiger charge is 2.33. The topological polar surface area (TPSA) is 79.1 Å². The van der Waals surface area contributed by atoms with E-state index in [1.807, 2.05) is 4.57 Å². The van der Waals surface area contributed by atoms with Gasteiger partial charge in [0, 0.05) is 22.8 Å². The van der Waals surface area contributed by atoms with Crippen molar-refractivity contribution in [2.45, 2.75) is 50.7 Å². The van der Waals surface area contributed by atoms with Crippen molar-refractivity contribution in [3.63, 3.8) is 0 Å². The van der Waals surface area contributed by atoms with Crippen molar-refractivity contribution in [2.75, 3.05) is 5.32 Å². The number of nitrogens with zero attached hydrogens (tertiary/aromatic N) is 2. The van der Waals surface area contributed by atoms with Crippen LogP contribution in [0.4, 0.5) is 23.2 Å². The molecule has 1 aliphatic rings. The SMILES string of the molecule is Cc1c(SNC(C)OC(F)(F)F)c2n(c1C(=O)Nc1ccc(F)c(C#N)c1)CCC2. The van der Waals surface area contributed by atoms with Gasteiger partial charge in [-0.1, -0.05) is 0 Å². The van der Waals surface area contributed by atoms with E-state index in [0.717, 1.165) is 30.1 Å². The fourth-order valence-corrected chi connectivity index (χ4v) is 4.27. The van der Waals surface area contributed by atoms with Crippen LogP contribution in [0.1, 0.15) is 40.7 Å². The molecule has 1 amide bonds. The lowest BCUT2D eigenvalue weighted by molar-refractivity contribution is -0.341. The lowest BCUT2D eigenvalue weighted by atomic mass is 10.2. The minimum Gasteiger partial charge on any atom is -0.339 e. The first-order chi connectivity index (χ1) is 14.1. The molecule has 1 unspecified atom stereocenters. The Hall–Kier alpha value is -2.55. The third-order valence-electron chi connectivity index (χ3n) is 4.55. The first-order valence-electron chi connectivity index (χ1n) is 9.00. The van der Waals surface area contributed by atoms with Crippen LogP contribution in [0, 0.1) is 24.1 Å². The molecule has 6 nitrogen and oxygen atoms in total. The molecule has 1 aromatic carbocycles. The van der Waals surface area contributed by atoms with Gasteiger partial charge in [-0.15, -0.1) is 13.2 Å². The average molecular weight is 442 g/mol. The molecule has 2 heterocycles. The highest BCUT2D eigenvalue weighted by molar-refractivity contribution is 7.97. The first kappa shape index (κ1) is 22.1. The quantitative estimate of drug-likeness (QED) is 0.392. The Labute approximate surface area is 174 Å². The van der Waals surface area contributed by atoms with Gasteiger partial charge in [0.25, 0.3) is 5.91 Å². The number of hydrogen-bond donors (Lipinski definition) is 2. The summed E-state index contributed by atoms with van der Waals surface area (Å²) in [5.41, 5.74) is 1.92. The molecular weight excluding hydrogens is 424 g/mol. The molecule has 160 valence electrons. The normalized spacial score (nSPS) is 14.3. The Morgan fingerprint density at radius 3 is 2.80 bits per heavy atom. The Morgan fingerprint density at radius 1 is 1.40 bits per heavy atom. The lowest BCUT2D eigenvalue weighted by Gasteiger charge is -2.16. The molecular formula is C19H18F4N4O2S. The molecule has 0 radical (unpaired) electrons. The monoisotopic (exact) mass is 442 g/mol. The van der Waals surface area contributed by atoms with Crippen LogP contribution in [0.3, 0.4) is 0 Å². The van der Waals surface area contributed by atoms with Gasteiger partial charge in [-0.2, -0.15) is 5.26 Å². The van der Waals surface area contributed by atoms with Crippen molar-refractivity contribution < 1.29 is 27.1 Å². The van der Waals surface area contributed by atoms with Crippen LogP contribution in [0.5, 0.6) is 0 Å². The molecule has 11 heteroatoms. The molecule has 1 aliphatic heterocycles. The standard InChI is InChI=1S/C19H18F4N4O2S/c1-10-16(18(28)25-13-5-6-14(20)12(8-13)9-24)27-7-3-4-15(27)17(10)30-26-11(2)29-19(21,22)23/h5-6,8,11,26H,3-4,7H2,1-2H3,(H,25,28). The number of alkyl halides is 3. The third-order valence-corrected chi connectivity index (χ3v) is 5.74. The number of benzene rings is 1. The summed E-state index contributed by atoms with van der Waals surface area (Å²) < 4.78 is 58.9. The number of carbonyl (C=O) groups is 1. The van der Waals surface area contributed by atoms with Crippen molar-refractivity contribution in [1.29, 1.82) is 5.26 Å². The van der Waals surface area contributed by atoms with Crippen LogP contribution in [0.2, 0.25) is 0 Å². The zero-order valence-corrected chi connectivity index (χ0v) is 16.9. The molecule has 0 saturated heterocycles. The van der Waals surface area contributed by atoms with Crippen molar-refractivity contribution >= 4 is 23.5 Å². The zero-order valence-electron chi connectivity index (χ0n) is 16.1. The van der Waals surface area contributed by atoms with Crippen LogP contribution in [-0.2, 0) is 17.7 Å². The van der Waals surface area contributed by atoms with E-state index in [1.165, 1.54) is 19.1 Å². The van der Waals surface area contributed by atoms with Gasteiger partial charge in [0.05, 0.1) is 5.56 Å². The fraction of sp³-hybridized carbons (Fsp3) is 0.368. The maximum Gasteiger partial charge on any atom is 0.524 e. The Morgan fingerprint density at radius 2 is 2.13 bits per heavy atom. The fourth-order valence-electron chi connectivity index (χ4n) is 3.36. The van der Waals surface area contributed by atoms with Crippen molar-refractivity contribution in [2.24, 2.45) is 0 Å². The van der Waals surface area contributed by atoms with E-state index in [0.29, 0.717) is 29.1 Å².